The van der Waals surface area contributed by atoms with Gasteiger partial charge in [-0.25, -0.2) is 0 Å². The zero-order chi connectivity index (χ0) is 13.6. The van der Waals surface area contributed by atoms with Gasteiger partial charge in [-0.2, -0.15) is 5.10 Å². The molecule has 2 aliphatic heterocycles. The van der Waals surface area contributed by atoms with Crippen LogP contribution in [0.25, 0.3) is 0 Å². The van der Waals surface area contributed by atoms with Gasteiger partial charge in [0.1, 0.15) is 12.6 Å². The Hall–Kier alpha value is -1.85. The van der Waals surface area contributed by atoms with E-state index in [1.165, 1.54) is 0 Å². The highest BCUT2D eigenvalue weighted by atomic mass is 16.2. The molecule has 2 saturated heterocycles. The molecular weight excluding hydrogens is 244 g/mol. The Morgan fingerprint density at radius 1 is 1.42 bits per heavy atom. The average Bonchev–Trinajstić information content (AvgIpc) is 3.00. The van der Waals surface area contributed by atoms with Crippen LogP contribution in [0.4, 0.5) is 5.69 Å². The van der Waals surface area contributed by atoms with E-state index in [9.17, 15) is 9.59 Å². The fourth-order valence-corrected chi connectivity index (χ4v) is 3.01. The van der Waals surface area contributed by atoms with E-state index in [4.69, 9.17) is 0 Å². The normalized spacial score (nSPS) is 23.2. The number of fused-ring (bicyclic) bond motifs is 1. The number of carbonyl (C=O) groups excluding carboxylic acids is 2. The van der Waals surface area contributed by atoms with Crippen LogP contribution in [0.5, 0.6) is 0 Å². The molecular formula is C13H18N4O2. The largest absolute Gasteiger partial charge is 0.329 e. The molecule has 102 valence electrons. The van der Waals surface area contributed by atoms with Gasteiger partial charge < -0.3 is 4.90 Å². The maximum Gasteiger partial charge on any atom is 0.250 e. The monoisotopic (exact) mass is 262 g/mol. The van der Waals surface area contributed by atoms with Gasteiger partial charge in [0.05, 0.1) is 11.4 Å². The number of hydrogen-bond acceptors (Lipinski definition) is 3. The van der Waals surface area contributed by atoms with Crippen molar-refractivity contribution < 1.29 is 9.59 Å². The number of aromatic nitrogens is 2. The van der Waals surface area contributed by atoms with Crippen molar-refractivity contribution >= 4 is 17.5 Å². The molecule has 1 unspecified atom stereocenters. The quantitative estimate of drug-likeness (QED) is 0.771. The van der Waals surface area contributed by atoms with Gasteiger partial charge in [0.2, 0.25) is 11.8 Å². The molecule has 1 atom stereocenters. The average molecular weight is 262 g/mol. The molecule has 0 aromatic carbocycles. The molecule has 3 rings (SSSR count). The van der Waals surface area contributed by atoms with Crippen molar-refractivity contribution in [3.05, 3.63) is 11.9 Å². The summed E-state index contributed by atoms with van der Waals surface area (Å²) in [5.41, 5.74) is 1.66. The summed E-state index contributed by atoms with van der Waals surface area (Å²) in [6.45, 7) is 2.87. The number of hydrogen-bond donors (Lipinski definition) is 0. The third-order valence-electron chi connectivity index (χ3n) is 3.93. The van der Waals surface area contributed by atoms with Gasteiger partial charge in [0.25, 0.3) is 0 Å². The number of rotatable bonds is 2. The summed E-state index contributed by atoms with van der Waals surface area (Å²) in [5, 5.41) is 4.35. The molecule has 2 aliphatic rings. The number of nitrogens with zero attached hydrogens (tertiary/aromatic N) is 4. The predicted molar refractivity (Wildman–Crippen MR) is 69.7 cm³/mol. The molecule has 2 amide bonds. The topological polar surface area (TPSA) is 58.4 Å². The molecule has 0 saturated carbocycles. The fraction of sp³-hybridized carbons (Fsp3) is 0.615. The van der Waals surface area contributed by atoms with Crippen LogP contribution in [0.2, 0.25) is 0 Å². The molecule has 1 aromatic rings. The number of carbonyl (C=O) groups is 2. The van der Waals surface area contributed by atoms with Crippen molar-refractivity contribution in [3.8, 4) is 0 Å². The maximum absolute atomic E-state index is 12.5. The van der Waals surface area contributed by atoms with E-state index in [2.05, 4.69) is 5.10 Å². The van der Waals surface area contributed by atoms with Crippen molar-refractivity contribution in [3.63, 3.8) is 0 Å². The van der Waals surface area contributed by atoms with Gasteiger partial charge in [-0.3, -0.25) is 19.2 Å². The Kier molecular flexibility index (Phi) is 2.80. The lowest BCUT2D eigenvalue weighted by Gasteiger charge is -2.36. The number of aryl methyl sites for hydroxylation is 2. The third kappa shape index (κ3) is 1.82. The standard InChI is InChI=1S/C13H18N4O2/c1-3-9-11(7-15(2)14-9)17-8-12(18)16-6-4-5-10(16)13(17)19/h7,10H,3-6,8H2,1-2H3. The Balaban J connectivity index is 1.96. The van der Waals surface area contributed by atoms with E-state index in [-0.39, 0.29) is 24.4 Å². The second-order valence-electron chi connectivity index (χ2n) is 5.16. The molecule has 0 bridgehead atoms. The second-order valence-corrected chi connectivity index (χ2v) is 5.16. The van der Waals surface area contributed by atoms with E-state index in [1.54, 1.807) is 14.5 Å². The summed E-state index contributed by atoms with van der Waals surface area (Å²) in [7, 11) is 1.83. The van der Waals surface area contributed by atoms with Crippen LogP contribution in [0.15, 0.2) is 6.20 Å². The minimum atomic E-state index is -0.258. The van der Waals surface area contributed by atoms with Gasteiger partial charge in [0.15, 0.2) is 0 Å². The summed E-state index contributed by atoms with van der Waals surface area (Å²) in [6.07, 6.45) is 4.28. The SMILES string of the molecule is CCc1nn(C)cc1N1CC(=O)N2CCCC2C1=O. The lowest BCUT2D eigenvalue weighted by atomic mass is 10.1. The highest BCUT2D eigenvalue weighted by molar-refractivity contribution is 6.07. The summed E-state index contributed by atoms with van der Waals surface area (Å²) in [4.78, 5) is 28.0. The summed E-state index contributed by atoms with van der Waals surface area (Å²) >= 11 is 0. The van der Waals surface area contributed by atoms with E-state index >= 15 is 0 Å². The van der Waals surface area contributed by atoms with Crippen molar-refractivity contribution in [2.45, 2.75) is 32.2 Å². The summed E-state index contributed by atoms with van der Waals surface area (Å²) < 4.78 is 1.70. The Bertz CT molecular complexity index is 537. The maximum atomic E-state index is 12.5. The van der Waals surface area contributed by atoms with E-state index in [0.29, 0.717) is 0 Å². The first-order valence-electron chi connectivity index (χ1n) is 6.75. The van der Waals surface area contributed by atoms with Crippen molar-refractivity contribution in [1.29, 1.82) is 0 Å². The molecule has 6 nitrogen and oxygen atoms in total. The molecule has 3 heterocycles. The van der Waals surface area contributed by atoms with Gasteiger partial charge in [-0.1, -0.05) is 6.92 Å². The van der Waals surface area contributed by atoms with Gasteiger partial charge >= 0.3 is 0 Å². The van der Waals surface area contributed by atoms with Crippen molar-refractivity contribution in [2.24, 2.45) is 7.05 Å². The molecule has 1 aromatic heterocycles. The van der Waals surface area contributed by atoms with Gasteiger partial charge in [-0.05, 0) is 19.3 Å². The fourth-order valence-electron chi connectivity index (χ4n) is 3.01. The van der Waals surface area contributed by atoms with Crippen molar-refractivity contribution in [2.75, 3.05) is 18.0 Å². The molecule has 6 heteroatoms. The van der Waals surface area contributed by atoms with E-state index < -0.39 is 0 Å². The Labute approximate surface area is 112 Å². The highest BCUT2D eigenvalue weighted by Crippen LogP contribution is 2.29. The predicted octanol–water partition coefficient (Wildman–Crippen LogP) is 0.320. The van der Waals surface area contributed by atoms with Gasteiger partial charge in [-0.15, -0.1) is 0 Å². The summed E-state index contributed by atoms with van der Waals surface area (Å²) in [6, 6.07) is -0.258. The highest BCUT2D eigenvalue weighted by Gasteiger charge is 2.43. The minimum absolute atomic E-state index is 0.0415. The molecule has 19 heavy (non-hydrogen) atoms. The van der Waals surface area contributed by atoms with Crippen LogP contribution >= 0.6 is 0 Å². The minimum Gasteiger partial charge on any atom is -0.329 e. The van der Waals surface area contributed by atoms with Crippen LogP contribution in [-0.4, -0.2) is 45.6 Å². The van der Waals surface area contributed by atoms with Crippen LogP contribution in [0, 0.1) is 0 Å². The van der Waals surface area contributed by atoms with Crippen LogP contribution in [0.3, 0.4) is 0 Å². The van der Waals surface area contributed by atoms with Crippen LogP contribution in [-0.2, 0) is 23.1 Å². The third-order valence-corrected chi connectivity index (χ3v) is 3.93. The zero-order valence-corrected chi connectivity index (χ0v) is 11.3. The zero-order valence-electron chi connectivity index (χ0n) is 11.3. The first-order valence-corrected chi connectivity index (χ1v) is 6.75. The second kappa shape index (κ2) is 4.36. The molecule has 0 N–H and O–H groups in total. The summed E-state index contributed by atoms with van der Waals surface area (Å²) in [5.74, 6) is 0.0906. The number of anilines is 1. The molecule has 2 fully saturated rings. The number of piperazine rings is 1. The Morgan fingerprint density at radius 3 is 2.95 bits per heavy atom. The Morgan fingerprint density at radius 2 is 2.21 bits per heavy atom. The first-order chi connectivity index (χ1) is 9.11. The van der Waals surface area contributed by atoms with E-state index in [0.717, 1.165) is 37.2 Å². The molecule has 0 radical (unpaired) electrons. The number of amides is 2. The lowest BCUT2D eigenvalue weighted by molar-refractivity contribution is -0.140. The van der Waals surface area contributed by atoms with E-state index in [1.807, 2.05) is 20.2 Å². The lowest BCUT2D eigenvalue weighted by Crippen LogP contribution is -2.57. The molecule has 0 spiro atoms. The van der Waals surface area contributed by atoms with Gasteiger partial charge in [0, 0.05) is 19.8 Å². The first kappa shape index (κ1) is 12.2. The smallest absolute Gasteiger partial charge is 0.250 e. The van der Waals surface area contributed by atoms with Crippen LogP contribution < -0.4 is 4.90 Å². The van der Waals surface area contributed by atoms with Crippen molar-refractivity contribution in [1.82, 2.24) is 14.7 Å². The van der Waals surface area contributed by atoms with Crippen LogP contribution in [0.1, 0.15) is 25.5 Å². The molecule has 0 aliphatic carbocycles.